The highest BCUT2D eigenvalue weighted by Gasteiger charge is 2.40. The number of rotatable bonds is 3. The van der Waals surface area contributed by atoms with Crippen LogP contribution in [0.15, 0.2) is 24.4 Å². The molecule has 1 aromatic carbocycles. The molecule has 1 N–H and O–H groups in total. The molecule has 3 fully saturated rings. The molecular formula is C18H19F2N3OS. The lowest BCUT2D eigenvalue weighted by Crippen LogP contribution is -2.62. The molecule has 3 aliphatic heterocycles. The number of carbonyl (C=O) groups is 1. The second-order valence-corrected chi connectivity index (χ2v) is 7.80. The standard InChI is InChI=1S/C18H19F2N3OS/c1-10-16(11-4-6-23(10)7-5-11)22-17(24)15-9-21-18(25-15)13-8-12(19)2-3-14(13)20/h2-3,8-11,16H,4-7H2,1H3,(H,22,24). The van der Waals surface area contributed by atoms with Gasteiger partial charge in [-0.15, -0.1) is 11.3 Å². The van der Waals surface area contributed by atoms with Crippen molar-refractivity contribution < 1.29 is 13.6 Å². The van der Waals surface area contributed by atoms with Crippen molar-refractivity contribution in [3.05, 3.63) is 40.9 Å². The van der Waals surface area contributed by atoms with E-state index in [9.17, 15) is 13.6 Å². The minimum Gasteiger partial charge on any atom is -0.347 e. The lowest BCUT2D eigenvalue weighted by molar-refractivity contribution is 0.0218. The second-order valence-electron chi connectivity index (χ2n) is 6.77. The fourth-order valence-electron chi connectivity index (χ4n) is 3.93. The third-order valence-corrected chi connectivity index (χ3v) is 6.39. The molecule has 4 heterocycles. The van der Waals surface area contributed by atoms with Gasteiger partial charge in [-0.05, 0) is 57.0 Å². The van der Waals surface area contributed by atoms with Gasteiger partial charge < -0.3 is 5.32 Å². The Labute approximate surface area is 148 Å². The average Bonchev–Trinajstić information content (AvgIpc) is 3.10. The maximum atomic E-state index is 13.9. The Morgan fingerprint density at radius 3 is 2.80 bits per heavy atom. The lowest BCUT2D eigenvalue weighted by Gasteiger charge is -2.49. The first kappa shape index (κ1) is 16.6. The van der Waals surface area contributed by atoms with Gasteiger partial charge in [0.2, 0.25) is 0 Å². The van der Waals surface area contributed by atoms with Crippen molar-refractivity contribution in [2.24, 2.45) is 5.92 Å². The summed E-state index contributed by atoms with van der Waals surface area (Å²) in [6, 6.07) is 3.69. The normalized spacial score (nSPS) is 28.1. The molecule has 2 atom stereocenters. The van der Waals surface area contributed by atoms with E-state index in [0.717, 1.165) is 55.5 Å². The lowest BCUT2D eigenvalue weighted by atomic mass is 9.79. The molecule has 0 aliphatic carbocycles. The monoisotopic (exact) mass is 363 g/mol. The Morgan fingerprint density at radius 2 is 2.08 bits per heavy atom. The summed E-state index contributed by atoms with van der Waals surface area (Å²) in [6.07, 6.45) is 3.65. The molecule has 1 aromatic heterocycles. The topological polar surface area (TPSA) is 45.2 Å². The van der Waals surface area contributed by atoms with Gasteiger partial charge in [0.1, 0.15) is 21.5 Å². The molecule has 0 spiro atoms. The number of nitrogens with zero attached hydrogens (tertiary/aromatic N) is 2. The van der Waals surface area contributed by atoms with Crippen molar-refractivity contribution >= 4 is 17.2 Å². The molecule has 4 nitrogen and oxygen atoms in total. The van der Waals surface area contributed by atoms with Crippen LogP contribution in [0, 0.1) is 17.6 Å². The quantitative estimate of drug-likeness (QED) is 0.910. The Morgan fingerprint density at radius 1 is 1.32 bits per heavy atom. The predicted octanol–water partition coefficient (Wildman–Crippen LogP) is 3.30. The minimum atomic E-state index is -0.547. The third-order valence-electron chi connectivity index (χ3n) is 5.36. The Hall–Kier alpha value is -1.86. The molecule has 0 radical (unpaired) electrons. The van der Waals surface area contributed by atoms with Crippen LogP contribution in [0.4, 0.5) is 8.78 Å². The minimum absolute atomic E-state index is 0.0836. The van der Waals surface area contributed by atoms with Crippen molar-refractivity contribution in [1.29, 1.82) is 0 Å². The summed E-state index contributed by atoms with van der Waals surface area (Å²) in [5.41, 5.74) is 0.0836. The predicted molar refractivity (Wildman–Crippen MR) is 92.5 cm³/mol. The Kier molecular flexibility index (Phi) is 4.29. The van der Waals surface area contributed by atoms with Gasteiger partial charge in [0.05, 0.1) is 6.20 Å². The van der Waals surface area contributed by atoms with Crippen LogP contribution in [-0.2, 0) is 0 Å². The summed E-state index contributed by atoms with van der Waals surface area (Å²) in [5.74, 6) is -0.754. The van der Waals surface area contributed by atoms with E-state index >= 15 is 0 Å². The highest BCUT2D eigenvalue weighted by Crippen LogP contribution is 2.33. The van der Waals surface area contributed by atoms with Gasteiger partial charge in [0.15, 0.2) is 0 Å². The average molecular weight is 363 g/mol. The van der Waals surface area contributed by atoms with E-state index in [1.54, 1.807) is 0 Å². The summed E-state index contributed by atoms with van der Waals surface area (Å²) in [5, 5.41) is 3.44. The van der Waals surface area contributed by atoms with E-state index in [4.69, 9.17) is 0 Å². The van der Waals surface area contributed by atoms with Crippen molar-refractivity contribution in [3.63, 3.8) is 0 Å². The number of aromatic nitrogens is 1. The van der Waals surface area contributed by atoms with E-state index in [2.05, 4.69) is 22.1 Å². The number of thiazole rings is 1. The van der Waals surface area contributed by atoms with Gasteiger partial charge in [0, 0.05) is 17.6 Å². The van der Waals surface area contributed by atoms with Gasteiger partial charge in [-0.25, -0.2) is 13.8 Å². The van der Waals surface area contributed by atoms with Crippen LogP contribution in [0.5, 0.6) is 0 Å². The van der Waals surface area contributed by atoms with Crippen molar-refractivity contribution in [2.75, 3.05) is 13.1 Å². The highest BCUT2D eigenvalue weighted by molar-refractivity contribution is 7.16. The number of fused-ring (bicyclic) bond motifs is 3. The van der Waals surface area contributed by atoms with E-state index in [1.807, 2.05) is 0 Å². The summed E-state index contributed by atoms with van der Waals surface area (Å²) in [7, 11) is 0. The summed E-state index contributed by atoms with van der Waals surface area (Å²) >= 11 is 1.08. The molecule has 3 saturated heterocycles. The largest absolute Gasteiger partial charge is 0.347 e. The van der Waals surface area contributed by atoms with Gasteiger partial charge in [-0.1, -0.05) is 0 Å². The Balaban J connectivity index is 1.52. The maximum Gasteiger partial charge on any atom is 0.263 e. The van der Waals surface area contributed by atoms with Crippen LogP contribution in [0.1, 0.15) is 29.4 Å². The molecule has 5 rings (SSSR count). The summed E-state index contributed by atoms with van der Waals surface area (Å²) in [6.45, 7) is 4.35. The number of piperidine rings is 3. The van der Waals surface area contributed by atoms with Crippen molar-refractivity contribution in [3.8, 4) is 10.6 Å². The van der Waals surface area contributed by atoms with Crippen LogP contribution in [0.25, 0.3) is 10.6 Å². The van der Waals surface area contributed by atoms with Gasteiger partial charge in [-0.3, -0.25) is 9.69 Å². The zero-order valence-corrected chi connectivity index (χ0v) is 14.7. The smallest absolute Gasteiger partial charge is 0.263 e. The van der Waals surface area contributed by atoms with E-state index in [-0.39, 0.29) is 17.5 Å². The number of hydrogen-bond acceptors (Lipinski definition) is 4. The zero-order chi connectivity index (χ0) is 17.6. The number of nitrogens with one attached hydrogen (secondary N) is 1. The first-order valence-corrected chi connectivity index (χ1v) is 9.31. The van der Waals surface area contributed by atoms with Crippen LogP contribution < -0.4 is 5.32 Å². The maximum absolute atomic E-state index is 13.9. The van der Waals surface area contributed by atoms with E-state index in [0.29, 0.717) is 21.8 Å². The molecule has 2 aromatic rings. The Bertz CT molecular complexity index is 799. The zero-order valence-electron chi connectivity index (χ0n) is 13.8. The molecular weight excluding hydrogens is 344 g/mol. The third kappa shape index (κ3) is 3.06. The van der Waals surface area contributed by atoms with Crippen molar-refractivity contribution in [2.45, 2.75) is 31.8 Å². The van der Waals surface area contributed by atoms with Gasteiger partial charge in [-0.2, -0.15) is 0 Å². The molecule has 0 saturated carbocycles. The van der Waals surface area contributed by atoms with Gasteiger partial charge >= 0.3 is 0 Å². The van der Waals surface area contributed by atoms with Crippen LogP contribution in [0.2, 0.25) is 0 Å². The molecule has 132 valence electrons. The van der Waals surface area contributed by atoms with E-state index in [1.165, 1.54) is 6.20 Å². The number of benzene rings is 1. The van der Waals surface area contributed by atoms with E-state index < -0.39 is 11.6 Å². The molecule has 7 heteroatoms. The number of halogens is 2. The first-order valence-electron chi connectivity index (χ1n) is 8.49. The van der Waals surface area contributed by atoms with Gasteiger partial charge in [0.25, 0.3) is 5.91 Å². The summed E-state index contributed by atoms with van der Waals surface area (Å²) in [4.78, 5) is 19.5. The van der Waals surface area contributed by atoms with Crippen LogP contribution in [0.3, 0.4) is 0 Å². The molecule has 2 bridgehead atoms. The SMILES string of the molecule is CC1C(NC(=O)c2cnc(-c3cc(F)ccc3F)s2)C2CCN1CC2. The number of hydrogen-bond donors (Lipinski definition) is 1. The highest BCUT2D eigenvalue weighted by atomic mass is 32.1. The molecule has 25 heavy (non-hydrogen) atoms. The van der Waals surface area contributed by atoms with Crippen molar-refractivity contribution in [1.82, 2.24) is 15.2 Å². The number of amides is 1. The molecule has 3 aliphatic rings. The second kappa shape index (κ2) is 6.46. The first-order chi connectivity index (χ1) is 12.0. The van der Waals surface area contributed by atoms with Crippen LogP contribution in [-0.4, -0.2) is 41.0 Å². The fourth-order valence-corrected chi connectivity index (χ4v) is 4.77. The molecule has 2 unspecified atom stereocenters. The fraction of sp³-hybridized carbons (Fsp3) is 0.444. The summed E-state index contributed by atoms with van der Waals surface area (Å²) < 4.78 is 27.2. The van der Waals surface area contributed by atoms with Crippen LogP contribution >= 0.6 is 11.3 Å². The number of carbonyl (C=O) groups excluding carboxylic acids is 1. The molecule has 1 amide bonds.